The first-order valence-electron chi connectivity index (χ1n) is 7.78. The fraction of sp³-hybridized carbons (Fsp3) is 0.211. The van der Waals surface area contributed by atoms with Crippen LogP contribution in [-0.2, 0) is 5.41 Å². The van der Waals surface area contributed by atoms with Crippen LogP contribution in [0.25, 0.3) is 10.9 Å². The van der Waals surface area contributed by atoms with E-state index in [0.717, 1.165) is 13.6 Å². The van der Waals surface area contributed by atoms with Crippen molar-refractivity contribution in [3.05, 3.63) is 72.2 Å². The molecule has 0 atom stereocenters. The summed E-state index contributed by atoms with van der Waals surface area (Å²) in [6.45, 7) is 6.07. The van der Waals surface area contributed by atoms with Crippen LogP contribution in [0.2, 0.25) is 0 Å². The van der Waals surface area contributed by atoms with E-state index in [2.05, 4.69) is 43.6 Å². The Hall–Kier alpha value is -1.54. The maximum absolute atomic E-state index is 13.0. The van der Waals surface area contributed by atoms with Crippen molar-refractivity contribution < 1.29 is 0 Å². The molecule has 1 aromatic heterocycles. The Morgan fingerprint density at radius 1 is 1.16 bits per heavy atom. The third-order valence-corrected chi connectivity index (χ3v) is 4.88. The Kier molecular flexibility index (Phi) is 5.11. The van der Waals surface area contributed by atoms with E-state index >= 15 is 0 Å². The highest BCUT2D eigenvalue weighted by molar-refractivity contribution is 14.1. The van der Waals surface area contributed by atoms with Crippen LogP contribution in [0.1, 0.15) is 32.2 Å². The van der Waals surface area contributed by atoms with E-state index in [4.69, 9.17) is 4.98 Å². The summed E-state index contributed by atoms with van der Waals surface area (Å²) in [5.74, 6) is 0.633. The first kappa shape index (κ1) is 18.3. The van der Waals surface area contributed by atoms with Crippen molar-refractivity contribution in [1.29, 1.82) is 0 Å². The molecule has 2 aromatic carbocycles. The van der Waals surface area contributed by atoms with Gasteiger partial charge in [-0.25, -0.2) is 4.98 Å². The number of aromatic nitrogens is 2. The monoisotopic (exact) mass is 509 g/mol. The lowest BCUT2D eigenvalue weighted by atomic mass is 9.95. The predicted octanol–water partition coefficient (Wildman–Crippen LogP) is 4.94. The minimum Gasteiger partial charge on any atom is -0.267 e. The smallest absolute Gasteiger partial charge is 0.267 e. The molecule has 0 radical (unpaired) electrons. The molecule has 3 aromatic rings. The van der Waals surface area contributed by atoms with Gasteiger partial charge in [0.05, 0.1) is 17.1 Å². The summed E-state index contributed by atoms with van der Waals surface area (Å²) in [5, 5.41) is 4.99. The van der Waals surface area contributed by atoms with Crippen molar-refractivity contribution in [1.82, 2.24) is 9.66 Å². The second-order valence-corrected chi connectivity index (χ2v) is 8.92. The van der Waals surface area contributed by atoms with Gasteiger partial charge in [-0.3, -0.25) is 4.79 Å². The summed E-state index contributed by atoms with van der Waals surface area (Å²) < 4.78 is 3.40. The van der Waals surface area contributed by atoms with Gasteiger partial charge in [0.15, 0.2) is 0 Å². The van der Waals surface area contributed by atoms with E-state index < -0.39 is 0 Å². The summed E-state index contributed by atoms with van der Waals surface area (Å²) in [5.41, 5.74) is 1.13. The van der Waals surface area contributed by atoms with Crippen molar-refractivity contribution in [3.8, 4) is 0 Å². The first-order valence-corrected chi connectivity index (χ1v) is 9.65. The highest BCUT2D eigenvalue weighted by atomic mass is 127. The number of nitrogens with zero attached hydrogens (tertiary/aromatic N) is 3. The van der Waals surface area contributed by atoms with Crippen LogP contribution < -0.4 is 5.56 Å². The summed E-state index contributed by atoms with van der Waals surface area (Å²) in [4.78, 5) is 17.7. The predicted molar refractivity (Wildman–Crippen MR) is 115 cm³/mol. The van der Waals surface area contributed by atoms with E-state index in [-0.39, 0.29) is 11.0 Å². The Bertz CT molecular complexity index is 1020. The number of halogens is 2. The Balaban J connectivity index is 2.22. The van der Waals surface area contributed by atoms with Gasteiger partial charge in [-0.05, 0) is 58.5 Å². The molecule has 0 spiro atoms. The molecular formula is C19H17BrIN3O. The molecule has 0 N–H and O–H groups in total. The second kappa shape index (κ2) is 6.99. The molecule has 25 heavy (non-hydrogen) atoms. The van der Waals surface area contributed by atoms with Gasteiger partial charge < -0.3 is 0 Å². The number of hydrogen-bond acceptors (Lipinski definition) is 3. The van der Waals surface area contributed by atoms with E-state index in [1.807, 2.05) is 57.2 Å². The van der Waals surface area contributed by atoms with E-state index in [9.17, 15) is 4.79 Å². The van der Waals surface area contributed by atoms with Crippen LogP contribution in [0.4, 0.5) is 0 Å². The summed E-state index contributed by atoms with van der Waals surface area (Å²) in [6, 6.07) is 13.5. The normalized spacial score (nSPS) is 12.2. The second-order valence-electron chi connectivity index (χ2n) is 6.76. The first-order chi connectivity index (χ1) is 11.8. The number of hydrogen-bond donors (Lipinski definition) is 0. The van der Waals surface area contributed by atoms with E-state index in [1.165, 1.54) is 4.68 Å². The fourth-order valence-electron chi connectivity index (χ4n) is 2.41. The molecule has 3 rings (SSSR count). The standard InChI is InChI=1S/C19H17BrIN3O/c1-19(2,3)18-23-16-9-6-13(20)10-15(16)17(25)24(18)22-11-12-4-7-14(21)8-5-12/h4-11H,1-3H3. The van der Waals surface area contributed by atoms with E-state index in [0.29, 0.717) is 16.7 Å². The molecule has 0 saturated carbocycles. The van der Waals surface area contributed by atoms with Crippen LogP contribution in [0.15, 0.2) is 56.8 Å². The SMILES string of the molecule is CC(C)(C)c1nc2ccc(Br)cc2c(=O)n1N=Cc1ccc(I)cc1. The van der Waals surface area contributed by atoms with Gasteiger partial charge in [0, 0.05) is 13.5 Å². The average Bonchev–Trinajstić information content (AvgIpc) is 2.55. The maximum Gasteiger partial charge on any atom is 0.282 e. The zero-order valence-electron chi connectivity index (χ0n) is 14.1. The highest BCUT2D eigenvalue weighted by Gasteiger charge is 2.22. The minimum atomic E-state index is -0.316. The van der Waals surface area contributed by atoms with Crippen molar-refractivity contribution in [2.45, 2.75) is 26.2 Å². The fourth-order valence-corrected chi connectivity index (χ4v) is 3.14. The summed E-state index contributed by atoms with van der Waals surface area (Å²) in [6.07, 6.45) is 1.69. The summed E-state index contributed by atoms with van der Waals surface area (Å²) >= 11 is 5.67. The molecule has 0 aliphatic carbocycles. The molecule has 0 saturated heterocycles. The lowest BCUT2D eigenvalue weighted by Gasteiger charge is -2.20. The van der Waals surface area contributed by atoms with Gasteiger partial charge in [0.25, 0.3) is 5.56 Å². The molecule has 0 aliphatic heterocycles. The van der Waals surface area contributed by atoms with Gasteiger partial charge in [-0.1, -0.05) is 48.8 Å². The van der Waals surface area contributed by atoms with Crippen LogP contribution in [0.5, 0.6) is 0 Å². The Labute approximate surface area is 168 Å². The molecule has 128 valence electrons. The van der Waals surface area contributed by atoms with Crippen molar-refractivity contribution >= 4 is 55.6 Å². The summed E-state index contributed by atoms with van der Waals surface area (Å²) in [7, 11) is 0. The van der Waals surface area contributed by atoms with Gasteiger partial charge in [-0.2, -0.15) is 9.78 Å². The van der Waals surface area contributed by atoms with Crippen molar-refractivity contribution in [2.24, 2.45) is 5.10 Å². The molecule has 0 bridgehead atoms. The van der Waals surface area contributed by atoms with Crippen LogP contribution in [0.3, 0.4) is 0 Å². The molecule has 0 aliphatic rings. The van der Waals surface area contributed by atoms with E-state index in [1.54, 1.807) is 12.3 Å². The average molecular weight is 510 g/mol. The lowest BCUT2D eigenvalue weighted by molar-refractivity contribution is 0.506. The number of rotatable bonds is 2. The molecular weight excluding hydrogens is 493 g/mol. The maximum atomic E-state index is 13.0. The van der Waals surface area contributed by atoms with Gasteiger partial charge in [0.2, 0.25) is 0 Å². The molecule has 0 amide bonds. The Morgan fingerprint density at radius 3 is 2.48 bits per heavy atom. The van der Waals surface area contributed by atoms with Crippen LogP contribution in [-0.4, -0.2) is 15.9 Å². The van der Waals surface area contributed by atoms with Crippen molar-refractivity contribution in [2.75, 3.05) is 0 Å². The molecule has 4 nitrogen and oxygen atoms in total. The van der Waals surface area contributed by atoms with Crippen LogP contribution >= 0.6 is 38.5 Å². The van der Waals surface area contributed by atoms with Gasteiger partial charge >= 0.3 is 0 Å². The van der Waals surface area contributed by atoms with Crippen LogP contribution in [0, 0.1) is 3.57 Å². The van der Waals surface area contributed by atoms with Gasteiger partial charge in [0.1, 0.15) is 5.82 Å². The third-order valence-electron chi connectivity index (χ3n) is 3.67. The van der Waals surface area contributed by atoms with Gasteiger partial charge in [-0.15, -0.1) is 0 Å². The van der Waals surface area contributed by atoms with Crippen molar-refractivity contribution in [3.63, 3.8) is 0 Å². The highest BCUT2D eigenvalue weighted by Crippen LogP contribution is 2.23. The minimum absolute atomic E-state index is 0.169. The zero-order valence-corrected chi connectivity index (χ0v) is 17.9. The third kappa shape index (κ3) is 4.00. The topological polar surface area (TPSA) is 47.2 Å². The molecule has 0 fully saturated rings. The zero-order chi connectivity index (χ0) is 18.2. The lowest BCUT2D eigenvalue weighted by Crippen LogP contribution is -2.29. The Morgan fingerprint density at radius 2 is 1.84 bits per heavy atom. The number of fused-ring (bicyclic) bond motifs is 1. The number of benzene rings is 2. The molecule has 1 heterocycles. The molecule has 6 heteroatoms. The largest absolute Gasteiger partial charge is 0.282 e. The quantitative estimate of drug-likeness (QED) is 0.362. The molecule has 0 unspecified atom stereocenters.